The zero-order chi connectivity index (χ0) is 14.5. The van der Waals surface area contributed by atoms with Crippen molar-refractivity contribution in [3.63, 3.8) is 0 Å². The molecule has 1 rings (SSSR count). The van der Waals surface area contributed by atoms with Gasteiger partial charge in [0.15, 0.2) is 0 Å². The van der Waals surface area contributed by atoms with Crippen molar-refractivity contribution in [1.82, 2.24) is 0 Å². The van der Waals surface area contributed by atoms with Crippen LogP contribution in [-0.4, -0.2) is 34.2 Å². The smallest absolute Gasteiger partial charge is 0.420 e. The maximum absolute atomic E-state index is 12.7. The lowest BCUT2D eigenvalue weighted by Crippen LogP contribution is -2.46. The van der Waals surface area contributed by atoms with Gasteiger partial charge in [0, 0.05) is 5.92 Å². The molecule has 3 nitrogen and oxygen atoms in total. The average molecular weight is 354 g/mol. The Morgan fingerprint density at radius 2 is 1.94 bits per heavy atom. The van der Waals surface area contributed by atoms with Crippen molar-refractivity contribution < 1.29 is 27.8 Å². The summed E-state index contributed by atoms with van der Waals surface area (Å²) in [5.41, 5.74) is -0.786. The summed E-state index contributed by atoms with van der Waals surface area (Å²) in [7, 11) is 1.14. The van der Waals surface area contributed by atoms with E-state index in [1.54, 1.807) is 13.8 Å². The maximum Gasteiger partial charge on any atom is 0.420 e. The highest BCUT2D eigenvalue weighted by Gasteiger charge is 2.72. The van der Waals surface area contributed by atoms with E-state index in [0.29, 0.717) is 0 Å². The molecule has 0 aromatic rings. The molecule has 8 heteroatoms. The van der Waals surface area contributed by atoms with Crippen LogP contribution in [0.25, 0.3) is 0 Å². The molecule has 0 aromatic carbocycles. The minimum Gasteiger partial charge on any atom is -0.469 e. The third-order valence-electron chi connectivity index (χ3n) is 3.46. The zero-order valence-corrected chi connectivity index (χ0v) is 12.2. The lowest BCUT2D eigenvalue weighted by Gasteiger charge is -2.29. The van der Waals surface area contributed by atoms with Gasteiger partial charge in [-0.15, -0.1) is 0 Å². The van der Waals surface area contributed by atoms with Crippen LogP contribution in [0.5, 0.6) is 0 Å². The number of hydrogen-bond donors (Lipinski definition) is 1. The highest BCUT2D eigenvalue weighted by atomic mass is 79.9. The molecule has 1 aliphatic rings. The minimum absolute atomic E-state index is 0.647. The van der Waals surface area contributed by atoms with E-state index in [0.717, 1.165) is 7.11 Å². The number of aliphatic hydroxyl groups excluding tert-OH is 1. The monoisotopic (exact) mass is 352 g/mol. The molecule has 0 radical (unpaired) electrons. The number of carbonyl (C=O) groups excluding carboxylic acids is 1. The Bertz CT molecular complexity index is 357. The Hall–Kier alpha value is -0.0100. The zero-order valence-electron chi connectivity index (χ0n) is 9.89. The molecule has 0 heterocycles. The minimum atomic E-state index is -4.84. The van der Waals surface area contributed by atoms with Gasteiger partial charge in [-0.1, -0.05) is 41.4 Å². The summed E-state index contributed by atoms with van der Waals surface area (Å²) in [6.45, 7) is 3.16. The van der Waals surface area contributed by atoms with Crippen molar-refractivity contribution in [2.24, 2.45) is 17.3 Å². The van der Waals surface area contributed by atoms with E-state index in [1.165, 1.54) is 0 Å². The first-order valence-electron chi connectivity index (χ1n) is 5.09. The van der Waals surface area contributed by atoms with Gasteiger partial charge < -0.3 is 9.84 Å². The molecular weight excluding hydrogens is 340 g/mol. The number of carbonyl (C=O) groups is 1. The van der Waals surface area contributed by atoms with Crippen LogP contribution in [0.3, 0.4) is 0 Å². The second-order valence-electron chi connectivity index (χ2n) is 4.91. The molecule has 1 fully saturated rings. The van der Waals surface area contributed by atoms with Crippen molar-refractivity contribution in [1.29, 1.82) is 0 Å². The predicted octanol–water partition coefficient (Wildman–Crippen LogP) is 2.68. The first kappa shape index (κ1) is 16.0. The Morgan fingerprint density at radius 3 is 2.28 bits per heavy atom. The van der Waals surface area contributed by atoms with Gasteiger partial charge >= 0.3 is 12.1 Å². The summed E-state index contributed by atoms with van der Waals surface area (Å²) in [6.07, 6.45) is -6.79. The fraction of sp³-hybridized carbons (Fsp3) is 0.900. The first-order chi connectivity index (χ1) is 7.89. The van der Waals surface area contributed by atoms with Crippen molar-refractivity contribution in [3.8, 4) is 0 Å². The van der Waals surface area contributed by atoms with Gasteiger partial charge in [0.05, 0.1) is 19.1 Å². The number of esters is 1. The molecule has 0 bridgehead atoms. The number of methoxy groups -OCH3 is 1. The highest BCUT2D eigenvalue weighted by Crippen LogP contribution is 2.64. The predicted molar refractivity (Wildman–Crippen MR) is 62.3 cm³/mol. The van der Waals surface area contributed by atoms with Crippen molar-refractivity contribution >= 4 is 33.5 Å². The number of ether oxygens (including phenoxy) is 1. The van der Waals surface area contributed by atoms with E-state index in [9.17, 15) is 23.1 Å². The molecule has 0 aromatic heterocycles. The molecular formula is C10H13BrClF3O3. The van der Waals surface area contributed by atoms with Crippen LogP contribution in [0.1, 0.15) is 13.8 Å². The Balaban J connectivity index is 2.94. The number of alkyl halides is 5. The SMILES string of the molecule is COC(=O)C1C(C(O)C(Cl)(Br)C(F)(F)F)C1(C)C. The van der Waals surface area contributed by atoms with Crippen LogP contribution in [0.15, 0.2) is 0 Å². The average Bonchev–Trinajstić information content (AvgIpc) is 2.77. The second kappa shape index (κ2) is 4.52. The van der Waals surface area contributed by atoms with Crippen molar-refractivity contribution in [2.45, 2.75) is 29.9 Å². The molecule has 1 aliphatic carbocycles. The third-order valence-corrected chi connectivity index (χ3v) is 4.81. The third kappa shape index (κ3) is 2.36. The van der Waals surface area contributed by atoms with Gasteiger partial charge in [-0.05, 0) is 5.41 Å². The summed E-state index contributed by atoms with van der Waals surface area (Å²) in [5, 5.41) is 9.80. The Kier molecular flexibility index (Phi) is 4.03. The fourth-order valence-corrected chi connectivity index (χ4v) is 2.66. The van der Waals surface area contributed by atoms with E-state index in [1.807, 2.05) is 0 Å². The normalized spacial score (nSPS) is 31.4. The second-order valence-corrected chi connectivity index (χ2v) is 7.22. The maximum atomic E-state index is 12.7. The van der Waals surface area contributed by atoms with Gasteiger partial charge in [0.2, 0.25) is 3.78 Å². The van der Waals surface area contributed by atoms with Crippen LogP contribution in [0.2, 0.25) is 0 Å². The summed E-state index contributed by atoms with van der Waals surface area (Å²) < 4.78 is 39.6. The van der Waals surface area contributed by atoms with E-state index in [-0.39, 0.29) is 0 Å². The van der Waals surface area contributed by atoms with Gasteiger partial charge in [-0.25, -0.2) is 0 Å². The number of rotatable bonds is 3. The Morgan fingerprint density at radius 1 is 1.50 bits per heavy atom. The molecule has 18 heavy (non-hydrogen) atoms. The van der Waals surface area contributed by atoms with Crippen LogP contribution in [-0.2, 0) is 9.53 Å². The first-order valence-corrected chi connectivity index (χ1v) is 6.26. The standard InChI is InChI=1S/C10H13BrClF3O3/c1-8(2)4(5(8)7(17)18-3)6(16)9(11,12)10(13,14)15/h4-6,16H,1-3H3. The number of halogens is 5. The molecule has 0 aliphatic heterocycles. The lowest BCUT2D eigenvalue weighted by atomic mass is 10.0. The summed E-state index contributed by atoms with van der Waals surface area (Å²) in [5.74, 6) is -2.36. The lowest BCUT2D eigenvalue weighted by molar-refractivity contribution is -0.162. The summed E-state index contributed by atoms with van der Waals surface area (Å²) in [4.78, 5) is 11.4. The highest BCUT2D eigenvalue weighted by molar-refractivity contribution is 9.10. The number of hydrogen-bond acceptors (Lipinski definition) is 3. The van der Waals surface area contributed by atoms with E-state index in [4.69, 9.17) is 11.6 Å². The van der Waals surface area contributed by atoms with Crippen molar-refractivity contribution in [2.75, 3.05) is 7.11 Å². The van der Waals surface area contributed by atoms with E-state index in [2.05, 4.69) is 20.7 Å². The van der Waals surface area contributed by atoms with Gasteiger partial charge in [0.1, 0.15) is 0 Å². The molecule has 0 saturated heterocycles. The summed E-state index contributed by atoms with van der Waals surface area (Å²) >= 11 is 7.62. The molecule has 0 spiro atoms. The molecule has 4 atom stereocenters. The summed E-state index contributed by atoms with van der Waals surface area (Å²) in [6, 6.07) is 0. The van der Waals surface area contributed by atoms with Gasteiger partial charge in [-0.2, -0.15) is 13.2 Å². The van der Waals surface area contributed by atoms with E-state index < -0.39 is 39.3 Å². The fourth-order valence-electron chi connectivity index (χ4n) is 2.24. The van der Waals surface area contributed by atoms with Gasteiger partial charge in [0.25, 0.3) is 0 Å². The Labute approximate surface area is 116 Å². The van der Waals surface area contributed by atoms with Crippen LogP contribution < -0.4 is 0 Å². The van der Waals surface area contributed by atoms with Crippen LogP contribution in [0, 0.1) is 17.3 Å². The molecule has 0 amide bonds. The topological polar surface area (TPSA) is 46.5 Å². The quantitative estimate of drug-likeness (QED) is 0.627. The van der Waals surface area contributed by atoms with Crippen LogP contribution in [0.4, 0.5) is 13.2 Å². The van der Waals surface area contributed by atoms with Gasteiger partial charge in [-0.3, -0.25) is 4.79 Å². The molecule has 1 saturated carbocycles. The van der Waals surface area contributed by atoms with E-state index >= 15 is 0 Å². The van der Waals surface area contributed by atoms with Crippen LogP contribution >= 0.6 is 27.5 Å². The molecule has 106 valence electrons. The molecule has 1 N–H and O–H groups in total. The molecule has 4 unspecified atom stereocenters. The number of aliphatic hydroxyl groups is 1. The van der Waals surface area contributed by atoms with Crippen molar-refractivity contribution in [3.05, 3.63) is 0 Å². The largest absolute Gasteiger partial charge is 0.469 e.